The highest BCUT2D eigenvalue weighted by molar-refractivity contribution is 5.97. The molecular formula is C24H24N4O8. The van der Waals surface area contributed by atoms with Crippen molar-refractivity contribution in [3.05, 3.63) is 63.8 Å². The molecular weight excluding hydrogens is 472 g/mol. The zero-order valence-corrected chi connectivity index (χ0v) is 19.9. The molecule has 188 valence electrons. The summed E-state index contributed by atoms with van der Waals surface area (Å²) in [5.74, 6) is 0.418. The highest BCUT2D eigenvalue weighted by Gasteiger charge is 2.34. The Bertz CT molecular complexity index is 1330. The molecule has 36 heavy (non-hydrogen) atoms. The van der Waals surface area contributed by atoms with E-state index in [-0.39, 0.29) is 41.5 Å². The van der Waals surface area contributed by atoms with Crippen molar-refractivity contribution in [2.24, 2.45) is 0 Å². The predicted octanol–water partition coefficient (Wildman–Crippen LogP) is 3.57. The third-order valence-electron chi connectivity index (χ3n) is 5.73. The first-order valence-corrected chi connectivity index (χ1v) is 11.0. The summed E-state index contributed by atoms with van der Waals surface area (Å²) in [6.45, 7) is 0.112. The van der Waals surface area contributed by atoms with Crippen LogP contribution in [0.2, 0.25) is 0 Å². The van der Waals surface area contributed by atoms with Crippen molar-refractivity contribution in [3.8, 4) is 17.2 Å². The monoisotopic (exact) mass is 496 g/mol. The molecule has 0 radical (unpaired) electrons. The van der Waals surface area contributed by atoms with Gasteiger partial charge in [0, 0.05) is 24.5 Å². The van der Waals surface area contributed by atoms with Crippen molar-refractivity contribution in [3.63, 3.8) is 0 Å². The van der Waals surface area contributed by atoms with Crippen molar-refractivity contribution >= 4 is 28.6 Å². The van der Waals surface area contributed by atoms with Crippen LogP contribution in [0.25, 0.3) is 10.9 Å². The van der Waals surface area contributed by atoms with Crippen molar-refractivity contribution in [1.82, 2.24) is 15.0 Å². The van der Waals surface area contributed by atoms with E-state index in [1.165, 1.54) is 44.5 Å². The van der Waals surface area contributed by atoms with Gasteiger partial charge in [-0.2, -0.15) is 0 Å². The average molecular weight is 496 g/mol. The lowest BCUT2D eigenvalue weighted by Crippen LogP contribution is -2.45. The number of aromatic nitrogens is 1. The van der Waals surface area contributed by atoms with Gasteiger partial charge in [-0.15, -0.1) is 0 Å². The molecule has 4 rings (SSSR count). The van der Waals surface area contributed by atoms with Crippen LogP contribution in [0, 0.1) is 10.1 Å². The lowest BCUT2D eigenvalue weighted by atomic mass is 10.1. The number of amides is 2. The number of nitro groups is 1. The summed E-state index contributed by atoms with van der Waals surface area (Å²) in [4.78, 5) is 41.5. The fourth-order valence-corrected chi connectivity index (χ4v) is 3.98. The topological polar surface area (TPSA) is 134 Å². The molecule has 0 aliphatic carbocycles. The number of carbonyl (C=O) groups excluding carboxylic acids is 2. The van der Waals surface area contributed by atoms with Crippen LogP contribution in [-0.4, -0.2) is 66.3 Å². The van der Waals surface area contributed by atoms with E-state index in [1.54, 1.807) is 12.1 Å². The summed E-state index contributed by atoms with van der Waals surface area (Å²) in [5, 5.41) is 14.7. The molecule has 0 N–H and O–H groups in total. The Morgan fingerprint density at radius 2 is 1.64 bits per heavy atom. The zero-order valence-electron chi connectivity index (χ0n) is 19.9. The van der Waals surface area contributed by atoms with E-state index in [0.29, 0.717) is 17.7 Å². The SMILES string of the molecule is COc1cc(COC(=O)N2CCCN2C(=O)c2cc(OC)c3ccccc3n2)c([N+](=O)[O-])cc1OC. The molecule has 1 saturated heterocycles. The highest BCUT2D eigenvalue weighted by Crippen LogP contribution is 2.35. The Hall–Kier alpha value is -4.61. The van der Waals surface area contributed by atoms with Crippen LogP contribution in [0.15, 0.2) is 42.5 Å². The maximum atomic E-state index is 13.3. The number of benzene rings is 2. The molecule has 0 spiro atoms. The van der Waals surface area contributed by atoms with E-state index in [0.717, 1.165) is 10.4 Å². The number of nitrogens with zero attached hydrogens (tertiary/aromatic N) is 4. The summed E-state index contributed by atoms with van der Waals surface area (Å²) < 4.78 is 21.1. The molecule has 1 fully saturated rings. The van der Waals surface area contributed by atoms with Crippen molar-refractivity contribution in [1.29, 1.82) is 0 Å². The lowest BCUT2D eigenvalue weighted by Gasteiger charge is -2.27. The smallest absolute Gasteiger partial charge is 0.429 e. The molecule has 2 aromatic carbocycles. The van der Waals surface area contributed by atoms with Gasteiger partial charge >= 0.3 is 6.09 Å². The first-order chi connectivity index (χ1) is 17.4. The Morgan fingerprint density at radius 3 is 2.33 bits per heavy atom. The van der Waals surface area contributed by atoms with Crippen LogP contribution in [0.5, 0.6) is 17.2 Å². The number of hydrogen-bond donors (Lipinski definition) is 0. The van der Waals surface area contributed by atoms with Gasteiger partial charge in [0.15, 0.2) is 11.5 Å². The lowest BCUT2D eigenvalue weighted by molar-refractivity contribution is -0.385. The molecule has 0 saturated carbocycles. The van der Waals surface area contributed by atoms with Crippen molar-refractivity contribution in [2.45, 2.75) is 13.0 Å². The summed E-state index contributed by atoms with van der Waals surface area (Å²) in [7, 11) is 4.26. The molecule has 0 atom stereocenters. The second-order valence-electron chi connectivity index (χ2n) is 7.78. The molecule has 1 aliphatic rings. The first-order valence-electron chi connectivity index (χ1n) is 11.0. The molecule has 1 aliphatic heterocycles. The highest BCUT2D eigenvalue weighted by atomic mass is 16.6. The number of pyridine rings is 1. The summed E-state index contributed by atoms with van der Waals surface area (Å²) >= 11 is 0. The Labute approximate surface area is 206 Å². The fourth-order valence-electron chi connectivity index (χ4n) is 3.98. The quantitative estimate of drug-likeness (QED) is 0.355. The Balaban J connectivity index is 1.54. The van der Waals surface area contributed by atoms with E-state index in [1.807, 2.05) is 12.1 Å². The molecule has 0 bridgehead atoms. The van der Waals surface area contributed by atoms with Gasteiger partial charge in [-0.1, -0.05) is 12.1 Å². The van der Waals surface area contributed by atoms with Crippen LogP contribution in [0.1, 0.15) is 22.5 Å². The number of hydrazine groups is 1. The Kier molecular flexibility index (Phi) is 7.04. The van der Waals surface area contributed by atoms with Gasteiger partial charge in [0.1, 0.15) is 18.1 Å². The van der Waals surface area contributed by atoms with Gasteiger partial charge in [-0.05, 0) is 24.6 Å². The third kappa shape index (κ3) is 4.65. The third-order valence-corrected chi connectivity index (χ3v) is 5.73. The number of ether oxygens (including phenoxy) is 4. The largest absolute Gasteiger partial charge is 0.496 e. The Morgan fingerprint density at radius 1 is 0.972 bits per heavy atom. The number of methoxy groups -OCH3 is 3. The van der Waals surface area contributed by atoms with Gasteiger partial charge in [0.05, 0.1) is 43.4 Å². The maximum absolute atomic E-state index is 13.3. The molecule has 3 aromatic rings. The van der Waals surface area contributed by atoms with Gasteiger partial charge in [0.25, 0.3) is 11.6 Å². The molecule has 2 heterocycles. The number of hydrogen-bond acceptors (Lipinski definition) is 9. The van der Waals surface area contributed by atoms with Crippen LogP contribution in [0.3, 0.4) is 0 Å². The number of rotatable bonds is 7. The fraction of sp³-hybridized carbons (Fsp3) is 0.292. The van der Waals surface area contributed by atoms with Crippen LogP contribution in [0.4, 0.5) is 10.5 Å². The number of fused-ring (bicyclic) bond motifs is 1. The van der Waals surface area contributed by atoms with Gasteiger partial charge in [0.2, 0.25) is 0 Å². The number of para-hydroxylation sites is 1. The van der Waals surface area contributed by atoms with Crippen molar-refractivity contribution < 1.29 is 33.5 Å². The molecule has 12 nitrogen and oxygen atoms in total. The predicted molar refractivity (Wildman–Crippen MR) is 127 cm³/mol. The normalized spacial score (nSPS) is 13.0. The van der Waals surface area contributed by atoms with E-state index >= 15 is 0 Å². The second-order valence-corrected chi connectivity index (χ2v) is 7.78. The zero-order chi connectivity index (χ0) is 25.8. The number of carbonyl (C=O) groups is 2. The van der Waals surface area contributed by atoms with Gasteiger partial charge in [-0.25, -0.2) is 19.8 Å². The molecule has 1 aromatic heterocycles. The van der Waals surface area contributed by atoms with Crippen LogP contribution < -0.4 is 14.2 Å². The minimum atomic E-state index is -0.822. The number of nitro benzene ring substituents is 1. The molecule has 12 heteroatoms. The van der Waals surface area contributed by atoms with Crippen LogP contribution >= 0.6 is 0 Å². The summed E-state index contributed by atoms with van der Waals surface area (Å²) in [6.07, 6.45) is -0.292. The molecule has 2 amide bonds. The van der Waals surface area contributed by atoms with E-state index < -0.39 is 23.5 Å². The standard InChI is InChI=1S/C24H24N4O8/c1-33-20-12-18(25-17-8-5-4-7-16(17)20)23(29)26-9-6-10-27(26)24(30)36-14-15-11-21(34-2)22(35-3)13-19(15)28(31)32/h4-5,7-8,11-13H,6,9-10,14H2,1-3H3. The maximum Gasteiger partial charge on any atom is 0.429 e. The van der Waals surface area contributed by atoms with Crippen LogP contribution in [-0.2, 0) is 11.3 Å². The summed E-state index contributed by atoms with van der Waals surface area (Å²) in [5.41, 5.74) is 0.515. The first kappa shape index (κ1) is 24.5. The van der Waals surface area contributed by atoms with E-state index in [2.05, 4.69) is 4.98 Å². The van der Waals surface area contributed by atoms with Gasteiger partial charge < -0.3 is 18.9 Å². The molecule has 0 unspecified atom stereocenters. The van der Waals surface area contributed by atoms with Crippen molar-refractivity contribution in [2.75, 3.05) is 34.4 Å². The minimum Gasteiger partial charge on any atom is -0.496 e. The van der Waals surface area contributed by atoms with E-state index in [9.17, 15) is 19.7 Å². The second kappa shape index (κ2) is 10.3. The average Bonchev–Trinajstić information content (AvgIpc) is 3.40. The van der Waals surface area contributed by atoms with Gasteiger partial charge in [-0.3, -0.25) is 14.9 Å². The minimum absolute atomic E-state index is 0.112. The summed E-state index contributed by atoms with van der Waals surface area (Å²) in [6, 6.07) is 11.3. The van der Waals surface area contributed by atoms with E-state index in [4.69, 9.17) is 18.9 Å².